The Morgan fingerprint density at radius 1 is 0.889 bits per heavy atom. The number of carbonyl (C=O) groups is 1. The van der Waals surface area contributed by atoms with Crippen LogP contribution in [0.25, 0.3) is 0 Å². The summed E-state index contributed by atoms with van der Waals surface area (Å²) in [5, 5.41) is 17.9. The highest BCUT2D eigenvalue weighted by Gasteiger charge is 2.37. The first-order valence-electron chi connectivity index (χ1n) is 7.29. The van der Waals surface area contributed by atoms with E-state index in [0.717, 1.165) is 0 Å². The maximum Gasteiger partial charge on any atom is 0.488 e. The van der Waals surface area contributed by atoms with Crippen LogP contribution in [0.2, 0.25) is 0 Å². The Bertz CT molecular complexity index is 783. The molecule has 0 spiro atoms. The van der Waals surface area contributed by atoms with Crippen LogP contribution in [0, 0.1) is 0 Å². The standard InChI is InChI=1S/C16H11BF6O4/c18-15(19,20)11-5-10(6-12(7-11)16(21,22)23)14(24)27-8-9-1-3-13(4-2-9)17(25)26/h1-7,25-26H,8H2. The van der Waals surface area contributed by atoms with Crippen molar-refractivity contribution in [2.45, 2.75) is 19.0 Å². The van der Waals surface area contributed by atoms with Gasteiger partial charge in [-0.05, 0) is 29.2 Å². The van der Waals surface area contributed by atoms with E-state index in [1.165, 1.54) is 24.3 Å². The molecule has 144 valence electrons. The Morgan fingerprint density at radius 2 is 1.37 bits per heavy atom. The zero-order chi connectivity index (χ0) is 20.4. The summed E-state index contributed by atoms with van der Waals surface area (Å²) in [4.78, 5) is 11.9. The first kappa shape index (κ1) is 20.8. The molecule has 0 aliphatic carbocycles. The van der Waals surface area contributed by atoms with Crippen LogP contribution in [0.4, 0.5) is 26.3 Å². The van der Waals surface area contributed by atoms with E-state index >= 15 is 0 Å². The third-order valence-corrected chi connectivity index (χ3v) is 3.47. The summed E-state index contributed by atoms with van der Waals surface area (Å²) in [6.45, 7) is -0.432. The van der Waals surface area contributed by atoms with Gasteiger partial charge >= 0.3 is 25.4 Å². The molecule has 0 aliphatic heterocycles. The fraction of sp³-hybridized carbons (Fsp3) is 0.188. The summed E-state index contributed by atoms with van der Waals surface area (Å²) < 4.78 is 81.5. The maximum absolute atomic E-state index is 12.8. The second-order valence-electron chi connectivity index (χ2n) is 5.49. The van der Waals surface area contributed by atoms with Crippen molar-refractivity contribution in [1.82, 2.24) is 0 Å². The lowest BCUT2D eigenvalue weighted by atomic mass is 9.80. The van der Waals surface area contributed by atoms with Crippen LogP contribution >= 0.6 is 0 Å². The number of hydrogen-bond acceptors (Lipinski definition) is 4. The minimum Gasteiger partial charge on any atom is -0.457 e. The lowest BCUT2D eigenvalue weighted by Crippen LogP contribution is -2.29. The second kappa shape index (κ2) is 7.61. The number of rotatable bonds is 4. The van der Waals surface area contributed by atoms with Gasteiger partial charge in [-0.3, -0.25) is 0 Å². The van der Waals surface area contributed by atoms with Crippen molar-refractivity contribution in [3.63, 3.8) is 0 Å². The fourth-order valence-corrected chi connectivity index (χ4v) is 2.09. The van der Waals surface area contributed by atoms with E-state index in [0.29, 0.717) is 5.56 Å². The highest BCUT2D eigenvalue weighted by molar-refractivity contribution is 6.58. The zero-order valence-corrected chi connectivity index (χ0v) is 13.3. The van der Waals surface area contributed by atoms with E-state index in [1.54, 1.807) is 0 Å². The van der Waals surface area contributed by atoms with Gasteiger partial charge in [0.25, 0.3) is 0 Å². The molecule has 27 heavy (non-hydrogen) atoms. The molecule has 2 aromatic rings. The number of alkyl halides is 6. The Labute approximate surface area is 149 Å². The SMILES string of the molecule is O=C(OCc1ccc(B(O)O)cc1)c1cc(C(F)(F)F)cc(C(F)(F)F)c1. The van der Waals surface area contributed by atoms with Gasteiger partial charge in [0.05, 0.1) is 16.7 Å². The molecule has 0 unspecified atom stereocenters. The normalized spacial score (nSPS) is 12.0. The molecule has 0 atom stereocenters. The maximum atomic E-state index is 12.8. The molecular formula is C16H11BF6O4. The molecule has 4 nitrogen and oxygen atoms in total. The average molecular weight is 392 g/mol. The summed E-state index contributed by atoms with van der Waals surface area (Å²) in [6, 6.07) is 5.80. The van der Waals surface area contributed by atoms with Crippen molar-refractivity contribution >= 4 is 18.6 Å². The van der Waals surface area contributed by atoms with E-state index < -0.39 is 48.7 Å². The molecule has 0 radical (unpaired) electrons. The highest BCUT2D eigenvalue weighted by Crippen LogP contribution is 2.36. The van der Waals surface area contributed by atoms with Gasteiger partial charge in [-0.1, -0.05) is 24.3 Å². The van der Waals surface area contributed by atoms with Crippen molar-refractivity contribution in [2.24, 2.45) is 0 Å². The van der Waals surface area contributed by atoms with Gasteiger partial charge in [0.2, 0.25) is 0 Å². The van der Waals surface area contributed by atoms with Gasteiger partial charge in [-0.25, -0.2) is 4.79 Å². The van der Waals surface area contributed by atoms with Gasteiger partial charge in [0.1, 0.15) is 6.61 Å². The molecule has 0 aliphatic rings. The summed E-state index contributed by atoms with van der Waals surface area (Å²) >= 11 is 0. The number of carbonyl (C=O) groups excluding carboxylic acids is 1. The van der Waals surface area contributed by atoms with E-state index in [-0.39, 0.29) is 23.7 Å². The van der Waals surface area contributed by atoms with Crippen molar-refractivity contribution < 1.29 is 45.9 Å². The fourth-order valence-electron chi connectivity index (χ4n) is 2.09. The lowest BCUT2D eigenvalue weighted by Gasteiger charge is -2.14. The Kier molecular flexibility index (Phi) is 5.86. The second-order valence-corrected chi connectivity index (χ2v) is 5.49. The van der Waals surface area contributed by atoms with E-state index in [1.807, 2.05) is 0 Å². The Hall–Kier alpha value is -2.53. The smallest absolute Gasteiger partial charge is 0.457 e. The van der Waals surface area contributed by atoms with Crippen molar-refractivity contribution in [3.05, 3.63) is 64.7 Å². The molecule has 11 heteroatoms. The molecule has 0 bridgehead atoms. The average Bonchev–Trinajstić information content (AvgIpc) is 2.58. The van der Waals surface area contributed by atoms with Crippen LogP contribution in [0.3, 0.4) is 0 Å². The van der Waals surface area contributed by atoms with Crippen LogP contribution in [0.15, 0.2) is 42.5 Å². The number of hydrogen-bond donors (Lipinski definition) is 2. The summed E-state index contributed by atoms with van der Waals surface area (Å²) in [6.07, 6.45) is -10.1. The van der Waals surface area contributed by atoms with Gasteiger partial charge < -0.3 is 14.8 Å². The van der Waals surface area contributed by atoms with E-state index in [2.05, 4.69) is 0 Å². The minimum atomic E-state index is -5.07. The minimum absolute atomic E-state index is 0.0876. The molecule has 2 aromatic carbocycles. The topological polar surface area (TPSA) is 66.8 Å². The van der Waals surface area contributed by atoms with Gasteiger partial charge in [-0.2, -0.15) is 26.3 Å². The van der Waals surface area contributed by atoms with Crippen LogP contribution in [-0.2, 0) is 23.7 Å². The quantitative estimate of drug-likeness (QED) is 0.477. The Morgan fingerprint density at radius 3 is 1.78 bits per heavy atom. The van der Waals surface area contributed by atoms with Crippen molar-refractivity contribution in [3.8, 4) is 0 Å². The number of benzene rings is 2. The molecule has 0 saturated heterocycles. The molecule has 2 rings (SSSR count). The zero-order valence-electron chi connectivity index (χ0n) is 13.3. The molecule has 0 aromatic heterocycles. The van der Waals surface area contributed by atoms with Gasteiger partial charge in [-0.15, -0.1) is 0 Å². The summed E-state index contributed by atoms with van der Waals surface area (Å²) in [5.74, 6) is -1.36. The molecule has 0 fully saturated rings. The molecular weight excluding hydrogens is 381 g/mol. The number of halogens is 6. The van der Waals surface area contributed by atoms with Crippen molar-refractivity contribution in [2.75, 3.05) is 0 Å². The Balaban J connectivity index is 2.22. The van der Waals surface area contributed by atoms with Gasteiger partial charge in [0, 0.05) is 0 Å². The van der Waals surface area contributed by atoms with Crippen LogP contribution in [0.5, 0.6) is 0 Å². The van der Waals surface area contributed by atoms with Gasteiger partial charge in [0.15, 0.2) is 0 Å². The molecule has 0 amide bonds. The van der Waals surface area contributed by atoms with Crippen LogP contribution in [-0.4, -0.2) is 23.1 Å². The number of esters is 1. The largest absolute Gasteiger partial charge is 0.488 e. The van der Waals surface area contributed by atoms with E-state index in [4.69, 9.17) is 14.8 Å². The summed E-state index contributed by atoms with van der Waals surface area (Å²) in [5.41, 5.74) is -3.63. The van der Waals surface area contributed by atoms with Crippen molar-refractivity contribution in [1.29, 1.82) is 0 Å². The molecule has 0 saturated carbocycles. The third-order valence-electron chi connectivity index (χ3n) is 3.47. The first-order valence-corrected chi connectivity index (χ1v) is 7.29. The van der Waals surface area contributed by atoms with Crippen LogP contribution < -0.4 is 5.46 Å². The summed E-state index contributed by atoms with van der Waals surface area (Å²) in [7, 11) is -1.72. The predicted octanol–water partition coefficient (Wildman–Crippen LogP) is 2.76. The highest BCUT2D eigenvalue weighted by atomic mass is 19.4. The van der Waals surface area contributed by atoms with Crippen LogP contribution in [0.1, 0.15) is 27.0 Å². The molecule has 2 N–H and O–H groups in total. The monoisotopic (exact) mass is 392 g/mol. The molecule has 0 heterocycles. The predicted molar refractivity (Wildman–Crippen MR) is 81.8 cm³/mol. The van der Waals surface area contributed by atoms with E-state index in [9.17, 15) is 31.1 Å². The third kappa shape index (κ3) is 5.47. The number of ether oxygens (including phenoxy) is 1. The first-order chi connectivity index (χ1) is 12.4. The lowest BCUT2D eigenvalue weighted by molar-refractivity contribution is -0.143.